The van der Waals surface area contributed by atoms with Gasteiger partial charge in [0.2, 0.25) is 0 Å². The van der Waals surface area contributed by atoms with Crippen molar-refractivity contribution in [2.24, 2.45) is 0 Å². The van der Waals surface area contributed by atoms with E-state index < -0.39 is 0 Å². The van der Waals surface area contributed by atoms with Crippen molar-refractivity contribution in [3.05, 3.63) is 58.6 Å². The molecule has 0 fully saturated rings. The van der Waals surface area contributed by atoms with Crippen LogP contribution in [0.4, 0.5) is 0 Å². The molecule has 0 amide bonds. The molecule has 0 saturated heterocycles. The van der Waals surface area contributed by atoms with Crippen LogP contribution >= 0.6 is 11.6 Å². The maximum absolute atomic E-state index is 10.6. The highest BCUT2D eigenvalue weighted by molar-refractivity contribution is 6.31. The van der Waals surface area contributed by atoms with Crippen LogP contribution in [0.5, 0.6) is 0 Å². The summed E-state index contributed by atoms with van der Waals surface area (Å²) in [4.78, 5) is 10.6. The molecule has 0 unspecified atom stereocenters. The van der Waals surface area contributed by atoms with Gasteiger partial charge in [0.25, 0.3) is 0 Å². The van der Waals surface area contributed by atoms with E-state index in [1.807, 2.05) is 49.4 Å². The molecule has 0 radical (unpaired) electrons. The standard InChI is InChI=1S/C14H11ClO/c1-10-13(3-2-4-14(10)15)12-7-5-11(9-16)6-8-12/h2-9H,1H3. The summed E-state index contributed by atoms with van der Waals surface area (Å²) >= 11 is 6.07. The average Bonchev–Trinajstić information content (AvgIpc) is 2.33. The van der Waals surface area contributed by atoms with Crippen molar-refractivity contribution in [2.45, 2.75) is 6.92 Å². The van der Waals surface area contributed by atoms with Gasteiger partial charge in [-0.1, -0.05) is 48.0 Å². The Bertz CT molecular complexity index is 515. The first-order chi connectivity index (χ1) is 7.72. The first kappa shape index (κ1) is 10.9. The molecule has 0 spiro atoms. The minimum absolute atomic E-state index is 0.684. The molecule has 80 valence electrons. The van der Waals surface area contributed by atoms with E-state index >= 15 is 0 Å². The molecule has 0 bridgehead atoms. The molecule has 2 aromatic rings. The summed E-state index contributed by atoms with van der Waals surface area (Å²) in [6, 6.07) is 13.3. The second kappa shape index (κ2) is 4.50. The zero-order valence-electron chi connectivity index (χ0n) is 8.91. The molecule has 0 heterocycles. The summed E-state index contributed by atoms with van der Waals surface area (Å²) < 4.78 is 0. The maximum Gasteiger partial charge on any atom is 0.150 e. The van der Waals surface area contributed by atoms with Crippen LogP contribution in [0, 0.1) is 6.92 Å². The molecule has 2 heteroatoms. The van der Waals surface area contributed by atoms with Crippen LogP contribution in [0.1, 0.15) is 15.9 Å². The molecule has 0 atom stereocenters. The van der Waals surface area contributed by atoms with Crippen LogP contribution in [-0.4, -0.2) is 6.29 Å². The molecular weight excluding hydrogens is 220 g/mol. The van der Waals surface area contributed by atoms with Gasteiger partial charge in [0.1, 0.15) is 6.29 Å². The molecule has 0 aliphatic rings. The van der Waals surface area contributed by atoms with E-state index in [4.69, 9.17) is 11.6 Å². The van der Waals surface area contributed by atoms with E-state index in [0.29, 0.717) is 5.56 Å². The van der Waals surface area contributed by atoms with Crippen LogP contribution in [0.2, 0.25) is 5.02 Å². The van der Waals surface area contributed by atoms with E-state index in [9.17, 15) is 4.79 Å². The predicted molar refractivity (Wildman–Crippen MR) is 67.0 cm³/mol. The summed E-state index contributed by atoms with van der Waals surface area (Å²) in [6.07, 6.45) is 0.842. The van der Waals surface area contributed by atoms with Crippen molar-refractivity contribution in [1.82, 2.24) is 0 Å². The van der Waals surface area contributed by atoms with Crippen LogP contribution in [0.25, 0.3) is 11.1 Å². The number of hydrogen-bond donors (Lipinski definition) is 0. The Labute approximate surface area is 99.7 Å². The summed E-state index contributed by atoms with van der Waals surface area (Å²) in [7, 11) is 0. The Balaban J connectivity index is 2.50. The molecule has 1 nitrogen and oxygen atoms in total. The Kier molecular flexibility index (Phi) is 3.07. The molecule has 0 N–H and O–H groups in total. The van der Waals surface area contributed by atoms with E-state index in [2.05, 4.69) is 0 Å². The van der Waals surface area contributed by atoms with Crippen molar-refractivity contribution < 1.29 is 4.79 Å². The third-order valence-corrected chi connectivity index (χ3v) is 3.03. The number of hydrogen-bond acceptors (Lipinski definition) is 1. The third kappa shape index (κ3) is 2.00. The number of halogens is 1. The SMILES string of the molecule is Cc1c(Cl)cccc1-c1ccc(C=O)cc1. The van der Waals surface area contributed by atoms with Crippen molar-refractivity contribution in [2.75, 3.05) is 0 Å². The second-order valence-electron chi connectivity index (χ2n) is 3.65. The zero-order valence-corrected chi connectivity index (χ0v) is 9.66. The lowest BCUT2D eigenvalue weighted by Crippen LogP contribution is -1.85. The lowest BCUT2D eigenvalue weighted by atomic mass is 10.00. The Morgan fingerprint density at radius 2 is 1.75 bits per heavy atom. The molecule has 0 aromatic heterocycles. The van der Waals surface area contributed by atoms with E-state index in [1.54, 1.807) is 0 Å². The van der Waals surface area contributed by atoms with Gasteiger partial charge in [0.15, 0.2) is 0 Å². The van der Waals surface area contributed by atoms with Crippen molar-refractivity contribution in [3.63, 3.8) is 0 Å². The van der Waals surface area contributed by atoms with Gasteiger partial charge >= 0.3 is 0 Å². The van der Waals surface area contributed by atoms with Gasteiger partial charge in [0.05, 0.1) is 0 Å². The van der Waals surface area contributed by atoms with Gasteiger partial charge in [-0.25, -0.2) is 0 Å². The predicted octanol–water partition coefficient (Wildman–Crippen LogP) is 4.13. The van der Waals surface area contributed by atoms with Gasteiger partial charge in [-0.2, -0.15) is 0 Å². The highest BCUT2D eigenvalue weighted by Crippen LogP contribution is 2.28. The minimum atomic E-state index is 0.684. The summed E-state index contributed by atoms with van der Waals surface area (Å²) in [5.74, 6) is 0. The summed E-state index contributed by atoms with van der Waals surface area (Å²) in [5, 5.41) is 0.761. The fraction of sp³-hybridized carbons (Fsp3) is 0.0714. The third-order valence-electron chi connectivity index (χ3n) is 2.63. The molecule has 0 saturated carbocycles. The highest BCUT2D eigenvalue weighted by atomic mass is 35.5. The largest absolute Gasteiger partial charge is 0.298 e. The molecule has 0 aliphatic heterocycles. The second-order valence-corrected chi connectivity index (χ2v) is 4.06. The molecular formula is C14H11ClO. The van der Waals surface area contributed by atoms with E-state index in [0.717, 1.165) is 28.0 Å². The van der Waals surface area contributed by atoms with Crippen molar-refractivity contribution >= 4 is 17.9 Å². The fourth-order valence-electron chi connectivity index (χ4n) is 1.66. The average molecular weight is 231 g/mol. The van der Waals surface area contributed by atoms with E-state index in [-0.39, 0.29) is 0 Å². The van der Waals surface area contributed by atoms with Crippen LogP contribution in [-0.2, 0) is 0 Å². The maximum atomic E-state index is 10.6. The first-order valence-corrected chi connectivity index (χ1v) is 5.41. The fourth-order valence-corrected chi connectivity index (χ4v) is 1.84. The lowest BCUT2D eigenvalue weighted by Gasteiger charge is -2.07. The monoisotopic (exact) mass is 230 g/mol. The van der Waals surface area contributed by atoms with Gasteiger partial charge in [-0.3, -0.25) is 4.79 Å². The van der Waals surface area contributed by atoms with Crippen LogP contribution in [0.15, 0.2) is 42.5 Å². The quantitative estimate of drug-likeness (QED) is 0.709. The topological polar surface area (TPSA) is 17.1 Å². The smallest absolute Gasteiger partial charge is 0.150 e. The Morgan fingerprint density at radius 3 is 2.38 bits per heavy atom. The lowest BCUT2D eigenvalue weighted by molar-refractivity contribution is 0.112. The summed E-state index contributed by atoms with van der Waals surface area (Å²) in [6.45, 7) is 1.99. The van der Waals surface area contributed by atoms with Crippen molar-refractivity contribution in [1.29, 1.82) is 0 Å². The normalized spacial score (nSPS) is 10.1. The zero-order chi connectivity index (χ0) is 11.5. The number of aldehydes is 1. The number of rotatable bonds is 2. The van der Waals surface area contributed by atoms with Gasteiger partial charge in [-0.15, -0.1) is 0 Å². The van der Waals surface area contributed by atoms with E-state index in [1.165, 1.54) is 0 Å². The van der Waals surface area contributed by atoms with Gasteiger partial charge in [-0.05, 0) is 29.7 Å². The van der Waals surface area contributed by atoms with Crippen LogP contribution in [0.3, 0.4) is 0 Å². The highest BCUT2D eigenvalue weighted by Gasteiger charge is 2.04. The minimum Gasteiger partial charge on any atom is -0.298 e. The van der Waals surface area contributed by atoms with Gasteiger partial charge in [0, 0.05) is 10.6 Å². The molecule has 16 heavy (non-hydrogen) atoms. The Morgan fingerprint density at radius 1 is 1.06 bits per heavy atom. The molecule has 2 rings (SSSR count). The number of carbonyl (C=O) groups excluding carboxylic acids is 1. The van der Waals surface area contributed by atoms with Crippen LogP contribution < -0.4 is 0 Å². The van der Waals surface area contributed by atoms with Crippen molar-refractivity contribution in [3.8, 4) is 11.1 Å². The Hall–Kier alpha value is -1.60. The number of benzene rings is 2. The first-order valence-electron chi connectivity index (χ1n) is 5.03. The van der Waals surface area contributed by atoms with Gasteiger partial charge < -0.3 is 0 Å². The number of carbonyl (C=O) groups is 1. The summed E-state index contributed by atoms with van der Waals surface area (Å²) in [5.41, 5.74) is 3.92. The molecule has 2 aromatic carbocycles. The molecule has 0 aliphatic carbocycles.